The average molecular weight is 514 g/mol. The number of hydrogen-bond donors (Lipinski definition) is 2. The van der Waals surface area contributed by atoms with Gasteiger partial charge in [0.1, 0.15) is 11.8 Å². The van der Waals surface area contributed by atoms with E-state index in [1.807, 2.05) is 0 Å². The first-order chi connectivity index (χ1) is 17.0. The molecule has 0 aliphatic carbocycles. The lowest BCUT2D eigenvalue weighted by Crippen LogP contribution is -2.58. The highest BCUT2D eigenvalue weighted by Gasteiger charge is 2.36. The fraction of sp³-hybridized carbons (Fsp3) is 0.897. The van der Waals surface area contributed by atoms with Crippen LogP contribution in [0.4, 0.5) is 0 Å². The Balaban J connectivity index is 4.52. The zero-order valence-corrected chi connectivity index (χ0v) is 23.6. The monoisotopic (exact) mass is 513 g/mol. The Morgan fingerprint density at radius 2 is 0.889 bits per heavy atom. The van der Waals surface area contributed by atoms with Crippen molar-refractivity contribution in [2.75, 3.05) is 26.2 Å². The number of rotatable bonds is 25. The molecule has 0 aliphatic heterocycles. The molecule has 7 heteroatoms. The summed E-state index contributed by atoms with van der Waals surface area (Å²) in [6, 6.07) is 0. The van der Waals surface area contributed by atoms with Gasteiger partial charge in [-0.1, -0.05) is 97.3 Å². The van der Waals surface area contributed by atoms with Crippen molar-refractivity contribution in [3.63, 3.8) is 0 Å². The predicted molar refractivity (Wildman–Crippen MR) is 142 cm³/mol. The van der Waals surface area contributed by atoms with Gasteiger partial charge in [0.15, 0.2) is 0 Å². The van der Waals surface area contributed by atoms with Crippen molar-refractivity contribution < 1.29 is 34.2 Å². The van der Waals surface area contributed by atoms with Crippen LogP contribution < -0.4 is 5.11 Å². The van der Waals surface area contributed by atoms with Gasteiger partial charge in [0, 0.05) is 11.9 Å². The lowest BCUT2D eigenvalue weighted by atomic mass is 10.00. The summed E-state index contributed by atoms with van der Waals surface area (Å²) in [6.45, 7) is 8.26. The summed E-state index contributed by atoms with van der Waals surface area (Å²) in [7, 11) is 0. The molecule has 0 aliphatic rings. The van der Waals surface area contributed by atoms with Gasteiger partial charge in [0.05, 0.1) is 26.2 Å². The van der Waals surface area contributed by atoms with Gasteiger partial charge in [-0.2, -0.15) is 0 Å². The number of hydrogen-bond acceptors (Lipinski definition) is 4. The van der Waals surface area contributed by atoms with Crippen molar-refractivity contribution in [1.82, 2.24) is 0 Å². The normalized spacial score (nSPS) is 15.7. The molecule has 0 aromatic heterocycles. The number of carboxylic acids is 3. The van der Waals surface area contributed by atoms with Gasteiger partial charge in [-0.15, -0.1) is 0 Å². The summed E-state index contributed by atoms with van der Waals surface area (Å²) < 4.78 is 0.189. The Labute approximate surface area is 220 Å². The Kier molecular flexibility index (Phi) is 19.5. The molecule has 0 amide bonds. The number of quaternary nitrogens is 1. The van der Waals surface area contributed by atoms with Gasteiger partial charge < -0.3 is 24.6 Å². The summed E-state index contributed by atoms with van der Waals surface area (Å²) in [5, 5.41) is 30.4. The maximum absolute atomic E-state index is 11.6. The lowest BCUT2D eigenvalue weighted by Gasteiger charge is -2.43. The predicted octanol–water partition coefficient (Wildman–Crippen LogP) is 5.50. The highest BCUT2D eigenvalue weighted by Crippen LogP contribution is 2.22. The maximum atomic E-state index is 11.6. The number of carbonyl (C=O) groups is 3. The number of carboxylic acid groups (broad SMARTS) is 3. The van der Waals surface area contributed by atoms with Crippen molar-refractivity contribution in [3.8, 4) is 0 Å². The Morgan fingerprint density at radius 3 is 1.19 bits per heavy atom. The highest BCUT2D eigenvalue weighted by atomic mass is 16.4. The summed E-state index contributed by atoms with van der Waals surface area (Å²) >= 11 is 0. The molecule has 0 saturated heterocycles. The van der Waals surface area contributed by atoms with Crippen LogP contribution in [-0.2, 0) is 14.4 Å². The third kappa shape index (κ3) is 16.9. The molecule has 0 aromatic carbocycles. The van der Waals surface area contributed by atoms with E-state index in [9.17, 15) is 29.7 Å². The molecule has 0 saturated carbocycles. The van der Waals surface area contributed by atoms with Gasteiger partial charge in [0.2, 0.25) is 0 Å². The van der Waals surface area contributed by atoms with Crippen molar-refractivity contribution in [2.45, 2.75) is 124 Å². The van der Waals surface area contributed by atoms with E-state index in [0.29, 0.717) is 6.54 Å². The molecule has 0 rings (SSSR count). The summed E-state index contributed by atoms with van der Waals surface area (Å²) in [5.41, 5.74) is 0. The van der Waals surface area contributed by atoms with Crippen LogP contribution in [0.1, 0.15) is 124 Å². The van der Waals surface area contributed by atoms with E-state index in [0.717, 1.165) is 19.3 Å². The second kappa shape index (κ2) is 20.4. The van der Waals surface area contributed by atoms with Crippen LogP contribution in [0, 0.1) is 17.8 Å². The van der Waals surface area contributed by atoms with Crippen LogP contribution >= 0.6 is 0 Å². The zero-order valence-electron chi connectivity index (χ0n) is 23.6. The van der Waals surface area contributed by atoms with Crippen molar-refractivity contribution in [2.24, 2.45) is 17.8 Å². The second-order valence-corrected chi connectivity index (χ2v) is 11.3. The van der Waals surface area contributed by atoms with E-state index >= 15 is 0 Å². The maximum Gasteiger partial charge on any atom is 0.311 e. The third-order valence-corrected chi connectivity index (χ3v) is 7.46. The molecule has 0 spiro atoms. The molecule has 0 bridgehead atoms. The van der Waals surface area contributed by atoms with Crippen LogP contribution in [-0.4, -0.2) is 58.8 Å². The van der Waals surface area contributed by atoms with E-state index in [1.165, 1.54) is 77.0 Å². The van der Waals surface area contributed by atoms with E-state index in [2.05, 4.69) is 6.92 Å². The van der Waals surface area contributed by atoms with Gasteiger partial charge >= 0.3 is 11.9 Å². The standard InChI is InChI=1S/C29H55NO6/c1-5-6-7-8-9-10-11-12-13-14-15-16-17-18-19-20-30(21-24(2)27(31)32,22-25(3)28(33)34)23-26(4)29(35)36/h24-26H,5-23H2,1-4H3,(H2-,31,32,33,34,35,36). The SMILES string of the molecule is CCCCCCCCCCCCCCCCC[N+](CC(C)C(=O)[O-])(CC(C)C(=O)O)CC(C)C(=O)O. The minimum atomic E-state index is -1.18. The molecule has 0 heterocycles. The summed E-state index contributed by atoms with van der Waals surface area (Å²) in [6.07, 6.45) is 18.7. The van der Waals surface area contributed by atoms with Crippen LogP contribution in [0.25, 0.3) is 0 Å². The molecule has 3 atom stereocenters. The summed E-state index contributed by atoms with van der Waals surface area (Å²) in [5.74, 6) is -5.22. The molecular formula is C29H55NO6. The lowest BCUT2D eigenvalue weighted by molar-refractivity contribution is -0.934. The Morgan fingerprint density at radius 1 is 0.583 bits per heavy atom. The minimum Gasteiger partial charge on any atom is -0.550 e. The molecule has 2 N–H and O–H groups in total. The third-order valence-electron chi connectivity index (χ3n) is 7.46. The van der Waals surface area contributed by atoms with Crippen LogP contribution in [0.5, 0.6) is 0 Å². The largest absolute Gasteiger partial charge is 0.550 e. The molecule has 7 nitrogen and oxygen atoms in total. The van der Waals surface area contributed by atoms with E-state index in [-0.39, 0.29) is 24.1 Å². The molecule has 212 valence electrons. The van der Waals surface area contributed by atoms with Crippen molar-refractivity contribution in [3.05, 3.63) is 0 Å². The fourth-order valence-corrected chi connectivity index (χ4v) is 5.29. The zero-order chi connectivity index (χ0) is 27.4. The second-order valence-electron chi connectivity index (χ2n) is 11.3. The molecule has 0 fully saturated rings. The molecule has 3 unspecified atom stereocenters. The van der Waals surface area contributed by atoms with Crippen LogP contribution in [0.2, 0.25) is 0 Å². The highest BCUT2D eigenvalue weighted by molar-refractivity contribution is 5.70. The first-order valence-corrected chi connectivity index (χ1v) is 14.6. The van der Waals surface area contributed by atoms with E-state index < -0.39 is 35.7 Å². The van der Waals surface area contributed by atoms with Crippen LogP contribution in [0.15, 0.2) is 0 Å². The van der Waals surface area contributed by atoms with Crippen LogP contribution in [0.3, 0.4) is 0 Å². The quantitative estimate of drug-likeness (QED) is 0.123. The van der Waals surface area contributed by atoms with E-state index in [1.54, 1.807) is 20.8 Å². The fourth-order valence-electron chi connectivity index (χ4n) is 5.29. The minimum absolute atomic E-state index is 0.189. The van der Waals surface area contributed by atoms with Crippen molar-refractivity contribution >= 4 is 17.9 Å². The molecule has 36 heavy (non-hydrogen) atoms. The molecular weight excluding hydrogens is 458 g/mol. The Bertz CT molecular complexity index is 554. The first kappa shape index (κ1) is 34.4. The molecule has 0 aromatic rings. The molecule has 0 radical (unpaired) electrons. The Hall–Kier alpha value is -1.63. The number of unbranched alkanes of at least 4 members (excludes halogenated alkanes) is 14. The van der Waals surface area contributed by atoms with Crippen molar-refractivity contribution in [1.29, 1.82) is 0 Å². The van der Waals surface area contributed by atoms with Gasteiger partial charge in [0.25, 0.3) is 0 Å². The smallest absolute Gasteiger partial charge is 0.311 e. The topological polar surface area (TPSA) is 115 Å². The number of nitrogens with zero attached hydrogens (tertiary/aromatic N) is 1. The van der Waals surface area contributed by atoms with E-state index in [4.69, 9.17) is 0 Å². The van der Waals surface area contributed by atoms with Gasteiger partial charge in [-0.3, -0.25) is 9.59 Å². The van der Waals surface area contributed by atoms with Gasteiger partial charge in [-0.05, 0) is 26.7 Å². The number of carbonyl (C=O) groups excluding carboxylic acids is 1. The summed E-state index contributed by atoms with van der Waals surface area (Å²) in [4.78, 5) is 34.6. The number of aliphatic carboxylic acids is 3. The first-order valence-electron chi connectivity index (χ1n) is 14.6. The average Bonchev–Trinajstić information content (AvgIpc) is 2.81. The van der Waals surface area contributed by atoms with Gasteiger partial charge in [-0.25, -0.2) is 0 Å².